The number of benzene rings is 4. The summed E-state index contributed by atoms with van der Waals surface area (Å²) < 4.78 is 0. The molecule has 1 aliphatic heterocycles. The van der Waals surface area contributed by atoms with Gasteiger partial charge in [0.2, 0.25) is 5.91 Å². The Morgan fingerprint density at radius 2 is 1.49 bits per heavy atom. The molecule has 238 valence electrons. The molecule has 5 aromatic rings. The summed E-state index contributed by atoms with van der Waals surface area (Å²) in [4.78, 5) is 46.9. The number of nitrogens with zero attached hydrogens (tertiary/aromatic N) is 2. The highest BCUT2D eigenvalue weighted by Crippen LogP contribution is 2.30. The average Bonchev–Trinajstić information content (AvgIpc) is 3.80. The van der Waals surface area contributed by atoms with Crippen LogP contribution in [0.25, 0.3) is 22.4 Å². The van der Waals surface area contributed by atoms with Crippen molar-refractivity contribution < 1.29 is 14.4 Å². The zero-order chi connectivity index (χ0) is 33.0. The first-order valence-corrected chi connectivity index (χ1v) is 16.8. The highest BCUT2D eigenvalue weighted by atomic mass is 32.1. The van der Waals surface area contributed by atoms with Gasteiger partial charge in [0.1, 0.15) is 6.04 Å². The zero-order valence-corrected chi connectivity index (χ0v) is 27.6. The van der Waals surface area contributed by atoms with Crippen molar-refractivity contribution in [2.45, 2.75) is 45.1 Å². The number of thiazole rings is 1. The molecule has 2 N–H and O–H groups in total. The summed E-state index contributed by atoms with van der Waals surface area (Å²) in [6, 6.07) is 31.6. The fraction of sp³-hybridized carbons (Fsp3) is 0.231. The third-order valence-corrected chi connectivity index (χ3v) is 9.21. The lowest BCUT2D eigenvalue weighted by Gasteiger charge is -2.24. The van der Waals surface area contributed by atoms with Gasteiger partial charge in [-0.1, -0.05) is 106 Å². The highest BCUT2D eigenvalue weighted by Gasteiger charge is 2.29. The highest BCUT2D eigenvalue weighted by molar-refractivity contribution is 7.14. The minimum atomic E-state index is -0.772. The topological polar surface area (TPSA) is 91.4 Å². The molecule has 0 bridgehead atoms. The van der Waals surface area contributed by atoms with E-state index in [-0.39, 0.29) is 23.1 Å². The van der Waals surface area contributed by atoms with Crippen molar-refractivity contribution in [3.63, 3.8) is 0 Å². The van der Waals surface area contributed by atoms with Crippen LogP contribution in [0.5, 0.6) is 0 Å². The van der Waals surface area contributed by atoms with E-state index in [9.17, 15) is 14.4 Å². The third-order valence-electron chi connectivity index (χ3n) is 8.45. The van der Waals surface area contributed by atoms with Gasteiger partial charge in [-0.25, -0.2) is 4.98 Å². The number of carbonyl (C=O) groups is 3. The Labute approximate surface area is 279 Å². The monoisotopic (exact) mass is 642 g/mol. The maximum atomic E-state index is 13.5. The lowest BCUT2D eigenvalue weighted by Crippen LogP contribution is -2.41. The van der Waals surface area contributed by atoms with Gasteiger partial charge in [0.15, 0.2) is 5.13 Å². The number of anilines is 1. The number of aromatic nitrogens is 1. The molecule has 1 fully saturated rings. The Kier molecular flexibility index (Phi) is 9.31. The lowest BCUT2D eigenvalue weighted by atomic mass is 9.86. The van der Waals surface area contributed by atoms with Gasteiger partial charge in [-0.3, -0.25) is 19.7 Å². The van der Waals surface area contributed by atoms with Crippen molar-refractivity contribution in [2.24, 2.45) is 0 Å². The molecule has 3 amide bonds. The molecule has 1 atom stereocenters. The fourth-order valence-electron chi connectivity index (χ4n) is 5.80. The number of amides is 3. The number of rotatable bonds is 8. The van der Waals surface area contributed by atoms with Crippen molar-refractivity contribution in [3.8, 4) is 22.4 Å². The van der Waals surface area contributed by atoms with Crippen LogP contribution in [0, 0.1) is 0 Å². The average molecular weight is 643 g/mol. The van der Waals surface area contributed by atoms with Gasteiger partial charge in [0, 0.05) is 35.2 Å². The van der Waals surface area contributed by atoms with Gasteiger partial charge in [-0.05, 0) is 58.7 Å². The van der Waals surface area contributed by atoms with E-state index in [2.05, 4.69) is 60.7 Å². The van der Waals surface area contributed by atoms with E-state index in [4.69, 9.17) is 0 Å². The maximum Gasteiger partial charge on any atom is 0.258 e. The number of nitrogens with one attached hydrogen (secondary N) is 2. The molecule has 7 nitrogen and oxygen atoms in total. The Bertz CT molecular complexity index is 1890. The molecule has 0 saturated carbocycles. The molecule has 1 saturated heterocycles. The second-order valence-electron chi connectivity index (χ2n) is 12.8. The summed E-state index contributed by atoms with van der Waals surface area (Å²) in [6.45, 7) is 7.93. The van der Waals surface area contributed by atoms with Crippen LogP contribution in [0.15, 0.2) is 109 Å². The third kappa shape index (κ3) is 7.34. The SMILES string of the molecule is CC(C)(C)c1ccc(-c2ccccc2C(=O)Nc2nc(-c3cccc(C(=O)N[C@H](C(=O)N4CCCC4)c4ccccc4)c3)cs2)cc1. The molecular formula is C39H38N4O3S. The molecule has 0 unspecified atom stereocenters. The normalized spacial score (nSPS) is 13.6. The lowest BCUT2D eigenvalue weighted by molar-refractivity contribution is -0.132. The first-order valence-electron chi connectivity index (χ1n) is 15.9. The number of likely N-dealkylation sites (tertiary alicyclic amines) is 1. The second-order valence-corrected chi connectivity index (χ2v) is 13.7. The van der Waals surface area contributed by atoms with E-state index >= 15 is 0 Å². The van der Waals surface area contributed by atoms with E-state index in [1.807, 2.05) is 70.9 Å². The van der Waals surface area contributed by atoms with Gasteiger partial charge < -0.3 is 10.2 Å². The molecule has 47 heavy (non-hydrogen) atoms. The van der Waals surface area contributed by atoms with Gasteiger partial charge in [-0.2, -0.15) is 0 Å². The van der Waals surface area contributed by atoms with Crippen LogP contribution in [-0.4, -0.2) is 40.7 Å². The predicted molar refractivity (Wildman–Crippen MR) is 189 cm³/mol. The van der Waals surface area contributed by atoms with Crippen LogP contribution in [0.2, 0.25) is 0 Å². The van der Waals surface area contributed by atoms with Crippen molar-refractivity contribution >= 4 is 34.2 Å². The fourth-order valence-corrected chi connectivity index (χ4v) is 6.51. The van der Waals surface area contributed by atoms with E-state index in [0.717, 1.165) is 35.1 Å². The molecule has 2 heterocycles. The van der Waals surface area contributed by atoms with Crippen LogP contribution in [0.1, 0.15) is 71.5 Å². The molecule has 6 rings (SSSR count). The van der Waals surface area contributed by atoms with Gasteiger partial charge in [0.25, 0.3) is 11.8 Å². The summed E-state index contributed by atoms with van der Waals surface area (Å²) in [5.41, 5.74) is 6.18. The van der Waals surface area contributed by atoms with Crippen LogP contribution < -0.4 is 10.6 Å². The molecule has 4 aromatic carbocycles. The quantitative estimate of drug-likeness (QED) is 0.179. The Morgan fingerprint density at radius 1 is 0.787 bits per heavy atom. The summed E-state index contributed by atoms with van der Waals surface area (Å²) in [5, 5.41) is 8.25. The van der Waals surface area contributed by atoms with Crippen LogP contribution in [-0.2, 0) is 10.2 Å². The molecule has 1 aliphatic rings. The minimum absolute atomic E-state index is 0.0399. The Balaban J connectivity index is 1.17. The van der Waals surface area contributed by atoms with E-state index in [0.29, 0.717) is 35.0 Å². The largest absolute Gasteiger partial charge is 0.341 e. The summed E-state index contributed by atoms with van der Waals surface area (Å²) in [7, 11) is 0. The minimum Gasteiger partial charge on any atom is -0.341 e. The first-order chi connectivity index (χ1) is 22.7. The van der Waals surface area contributed by atoms with Crippen molar-refractivity contribution in [2.75, 3.05) is 18.4 Å². The number of carbonyl (C=O) groups excluding carboxylic acids is 3. The molecule has 0 radical (unpaired) electrons. The molecule has 0 spiro atoms. The van der Waals surface area contributed by atoms with Crippen molar-refractivity contribution in [1.29, 1.82) is 0 Å². The predicted octanol–water partition coefficient (Wildman–Crippen LogP) is 8.12. The summed E-state index contributed by atoms with van der Waals surface area (Å²) in [5.74, 6) is -0.685. The molecule has 0 aliphatic carbocycles. The maximum absolute atomic E-state index is 13.5. The van der Waals surface area contributed by atoms with Crippen LogP contribution in [0.3, 0.4) is 0 Å². The van der Waals surface area contributed by atoms with E-state index in [1.54, 1.807) is 18.2 Å². The van der Waals surface area contributed by atoms with Crippen LogP contribution in [0.4, 0.5) is 5.13 Å². The van der Waals surface area contributed by atoms with Gasteiger partial charge in [0.05, 0.1) is 5.69 Å². The molecular weight excluding hydrogens is 605 g/mol. The summed E-state index contributed by atoms with van der Waals surface area (Å²) >= 11 is 1.32. The van der Waals surface area contributed by atoms with E-state index < -0.39 is 6.04 Å². The van der Waals surface area contributed by atoms with Crippen molar-refractivity contribution in [1.82, 2.24) is 15.2 Å². The molecule has 8 heteroatoms. The zero-order valence-electron chi connectivity index (χ0n) is 26.8. The van der Waals surface area contributed by atoms with Gasteiger partial charge >= 0.3 is 0 Å². The Hall–Kier alpha value is -5.08. The van der Waals surface area contributed by atoms with Crippen molar-refractivity contribution in [3.05, 3.63) is 131 Å². The first kappa shape index (κ1) is 31.9. The summed E-state index contributed by atoms with van der Waals surface area (Å²) in [6.07, 6.45) is 1.94. The number of hydrogen-bond acceptors (Lipinski definition) is 5. The standard InChI is InChI=1S/C39H38N4O3S/c1-39(2,3)30-20-18-26(19-21-30)31-16-7-8-17-32(31)36(45)42-38-40-33(25-47-38)28-14-11-15-29(24-28)35(44)41-34(27-12-5-4-6-13-27)37(46)43-22-9-10-23-43/h4-8,11-21,24-25,34H,9-10,22-23H2,1-3H3,(H,41,44)(H,40,42,45)/t34-/m0/s1. The van der Waals surface area contributed by atoms with Crippen LogP contribution >= 0.6 is 11.3 Å². The number of hydrogen-bond donors (Lipinski definition) is 2. The second kappa shape index (κ2) is 13.7. The molecule has 1 aromatic heterocycles. The van der Waals surface area contributed by atoms with Gasteiger partial charge in [-0.15, -0.1) is 11.3 Å². The Morgan fingerprint density at radius 3 is 2.21 bits per heavy atom. The van der Waals surface area contributed by atoms with E-state index in [1.165, 1.54) is 16.9 Å². The smallest absolute Gasteiger partial charge is 0.258 e.